The molecule has 1 saturated carbocycles. The van der Waals surface area contributed by atoms with Crippen LogP contribution in [0, 0.1) is 0 Å². The van der Waals surface area contributed by atoms with Crippen molar-refractivity contribution in [2.75, 3.05) is 26.7 Å². The van der Waals surface area contributed by atoms with Crippen molar-refractivity contribution in [2.24, 2.45) is 0 Å². The Morgan fingerprint density at radius 3 is 2.56 bits per heavy atom. The van der Waals surface area contributed by atoms with Crippen molar-refractivity contribution in [3.8, 4) is 0 Å². The van der Waals surface area contributed by atoms with Crippen LogP contribution in [0.5, 0.6) is 0 Å². The quantitative estimate of drug-likeness (QED) is 0.837. The summed E-state index contributed by atoms with van der Waals surface area (Å²) in [5, 5.41) is 3.84. The Bertz CT molecular complexity index is 272. The van der Waals surface area contributed by atoms with Crippen LogP contribution in [0.3, 0.4) is 0 Å². The molecule has 0 radical (unpaired) electrons. The Labute approximate surface area is 112 Å². The summed E-state index contributed by atoms with van der Waals surface area (Å²) >= 11 is 0. The van der Waals surface area contributed by atoms with E-state index in [4.69, 9.17) is 4.74 Å². The third-order valence-corrected chi connectivity index (χ3v) is 4.85. The molecule has 1 atom stereocenters. The number of hydrogen-bond donors (Lipinski definition) is 1. The van der Waals surface area contributed by atoms with Crippen molar-refractivity contribution < 1.29 is 4.74 Å². The maximum absolute atomic E-state index is 5.60. The lowest BCUT2D eigenvalue weighted by molar-refractivity contribution is -0.0380. The number of rotatable bonds is 3. The van der Waals surface area contributed by atoms with Crippen molar-refractivity contribution in [1.29, 1.82) is 0 Å². The summed E-state index contributed by atoms with van der Waals surface area (Å²) in [5.41, 5.74) is 0.357. The number of piperazine rings is 1. The lowest BCUT2D eigenvalue weighted by Gasteiger charge is -2.50. The average Bonchev–Trinajstić information content (AvgIpc) is 2.35. The van der Waals surface area contributed by atoms with Gasteiger partial charge in [-0.25, -0.2) is 0 Å². The molecule has 1 aliphatic carbocycles. The zero-order valence-corrected chi connectivity index (χ0v) is 12.6. The van der Waals surface area contributed by atoms with Gasteiger partial charge in [0.2, 0.25) is 0 Å². The normalized spacial score (nSPS) is 29.7. The van der Waals surface area contributed by atoms with Gasteiger partial charge in [-0.3, -0.25) is 4.90 Å². The number of nitrogens with zero attached hydrogens (tertiary/aromatic N) is 1. The van der Waals surface area contributed by atoms with E-state index in [-0.39, 0.29) is 5.60 Å². The van der Waals surface area contributed by atoms with Crippen molar-refractivity contribution >= 4 is 0 Å². The fraction of sp³-hybridized carbons (Fsp3) is 1.00. The van der Waals surface area contributed by atoms with Crippen LogP contribution in [-0.2, 0) is 4.74 Å². The fourth-order valence-corrected chi connectivity index (χ4v) is 3.42. The minimum Gasteiger partial charge on any atom is -0.377 e. The fourth-order valence-electron chi connectivity index (χ4n) is 3.42. The van der Waals surface area contributed by atoms with Gasteiger partial charge in [-0.05, 0) is 33.6 Å². The van der Waals surface area contributed by atoms with Gasteiger partial charge in [0.15, 0.2) is 0 Å². The van der Waals surface area contributed by atoms with Crippen molar-refractivity contribution in [1.82, 2.24) is 10.2 Å². The van der Waals surface area contributed by atoms with Gasteiger partial charge >= 0.3 is 0 Å². The predicted molar refractivity (Wildman–Crippen MR) is 75.9 cm³/mol. The van der Waals surface area contributed by atoms with Crippen LogP contribution >= 0.6 is 0 Å². The Balaban J connectivity index is 2.00. The maximum Gasteiger partial charge on any atom is 0.0749 e. The van der Waals surface area contributed by atoms with Crippen molar-refractivity contribution in [3.63, 3.8) is 0 Å². The monoisotopic (exact) mass is 254 g/mol. The van der Waals surface area contributed by atoms with E-state index in [1.54, 1.807) is 0 Å². The zero-order chi connectivity index (χ0) is 13.2. The summed E-state index contributed by atoms with van der Waals surface area (Å²) < 4.78 is 5.60. The highest BCUT2D eigenvalue weighted by Gasteiger charge is 2.39. The smallest absolute Gasteiger partial charge is 0.0749 e. The second-order valence-electron chi connectivity index (χ2n) is 6.94. The molecule has 1 heterocycles. The van der Waals surface area contributed by atoms with E-state index in [0.29, 0.717) is 11.6 Å². The molecular formula is C15H30N2O. The first-order chi connectivity index (χ1) is 8.46. The molecular weight excluding hydrogens is 224 g/mol. The Morgan fingerprint density at radius 1 is 1.28 bits per heavy atom. The summed E-state index contributed by atoms with van der Waals surface area (Å²) in [6, 6.07) is 0.618. The number of nitrogens with one attached hydrogen (secondary N) is 1. The lowest BCUT2D eigenvalue weighted by atomic mass is 9.79. The third-order valence-electron chi connectivity index (χ3n) is 4.85. The summed E-state index contributed by atoms with van der Waals surface area (Å²) in [6.45, 7) is 10.1. The van der Waals surface area contributed by atoms with E-state index >= 15 is 0 Å². The molecule has 1 saturated heterocycles. The molecule has 3 heteroatoms. The Hall–Kier alpha value is -0.120. The van der Waals surface area contributed by atoms with Crippen LogP contribution in [0.1, 0.15) is 52.9 Å². The van der Waals surface area contributed by atoms with E-state index < -0.39 is 0 Å². The van der Waals surface area contributed by atoms with Crippen molar-refractivity contribution in [3.05, 3.63) is 0 Å². The standard InChI is InChI=1S/C15H30N2O/c1-13-10-16-15(8-6-5-7-9-15)12-17(13)11-14(2,3)18-4/h13,16H,5-12H2,1-4H3. The molecule has 1 unspecified atom stereocenters. The van der Waals surface area contributed by atoms with Gasteiger partial charge in [0.25, 0.3) is 0 Å². The van der Waals surface area contributed by atoms with Gasteiger partial charge in [0.05, 0.1) is 5.60 Å². The van der Waals surface area contributed by atoms with E-state index in [9.17, 15) is 0 Å². The molecule has 0 aromatic rings. The molecule has 0 aromatic heterocycles. The molecule has 18 heavy (non-hydrogen) atoms. The first-order valence-electron chi connectivity index (χ1n) is 7.51. The van der Waals surface area contributed by atoms with Gasteiger partial charge in [-0.2, -0.15) is 0 Å². The van der Waals surface area contributed by atoms with E-state index in [1.165, 1.54) is 38.6 Å². The van der Waals surface area contributed by atoms with Gasteiger partial charge in [-0.1, -0.05) is 19.3 Å². The second kappa shape index (κ2) is 5.48. The van der Waals surface area contributed by atoms with Crippen LogP contribution in [0.2, 0.25) is 0 Å². The van der Waals surface area contributed by atoms with Gasteiger partial charge in [0, 0.05) is 38.3 Å². The third kappa shape index (κ3) is 3.25. The number of hydrogen-bond acceptors (Lipinski definition) is 3. The summed E-state index contributed by atoms with van der Waals surface area (Å²) in [7, 11) is 1.82. The van der Waals surface area contributed by atoms with Crippen LogP contribution in [0.25, 0.3) is 0 Å². The molecule has 106 valence electrons. The highest BCUT2D eigenvalue weighted by atomic mass is 16.5. The molecule has 2 fully saturated rings. The van der Waals surface area contributed by atoms with Crippen LogP contribution < -0.4 is 5.32 Å². The van der Waals surface area contributed by atoms with Gasteiger partial charge in [0.1, 0.15) is 0 Å². The Kier molecular flexibility index (Phi) is 4.35. The molecule has 1 spiro atoms. The molecule has 1 aliphatic heterocycles. The summed E-state index contributed by atoms with van der Waals surface area (Å²) in [5.74, 6) is 0. The molecule has 0 bridgehead atoms. The molecule has 2 rings (SSSR count). The highest BCUT2D eigenvalue weighted by Crippen LogP contribution is 2.32. The number of ether oxygens (including phenoxy) is 1. The van der Waals surface area contributed by atoms with Gasteiger partial charge < -0.3 is 10.1 Å². The largest absolute Gasteiger partial charge is 0.377 e. The van der Waals surface area contributed by atoms with E-state index in [0.717, 1.165) is 13.1 Å². The van der Waals surface area contributed by atoms with E-state index in [1.807, 2.05) is 7.11 Å². The lowest BCUT2D eigenvalue weighted by Crippen LogP contribution is -2.65. The van der Waals surface area contributed by atoms with Crippen LogP contribution in [0.4, 0.5) is 0 Å². The number of methoxy groups -OCH3 is 1. The Morgan fingerprint density at radius 2 is 1.94 bits per heavy atom. The van der Waals surface area contributed by atoms with Crippen molar-refractivity contribution in [2.45, 2.75) is 70.1 Å². The summed E-state index contributed by atoms with van der Waals surface area (Å²) in [6.07, 6.45) is 6.90. The topological polar surface area (TPSA) is 24.5 Å². The maximum atomic E-state index is 5.60. The minimum atomic E-state index is -0.0402. The zero-order valence-electron chi connectivity index (χ0n) is 12.6. The van der Waals surface area contributed by atoms with Crippen LogP contribution in [-0.4, -0.2) is 48.8 Å². The molecule has 0 aromatic carbocycles. The minimum absolute atomic E-state index is 0.0402. The molecule has 3 nitrogen and oxygen atoms in total. The van der Waals surface area contributed by atoms with Gasteiger partial charge in [-0.15, -0.1) is 0 Å². The summed E-state index contributed by atoms with van der Waals surface area (Å²) in [4.78, 5) is 2.63. The average molecular weight is 254 g/mol. The SMILES string of the molecule is COC(C)(C)CN1CC2(CCCCC2)NCC1C. The molecule has 2 aliphatic rings. The molecule has 0 amide bonds. The first-order valence-corrected chi connectivity index (χ1v) is 7.51. The predicted octanol–water partition coefficient (Wildman–Crippen LogP) is 2.41. The second-order valence-corrected chi connectivity index (χ2v) is 6.94. The molecule has 1 N–H and O–H groups in total. The van der Waals surface area contributed by atoms with E-state index in [2.05, 4.69) is 31.0 Å². The first kappa shape index (κ1) is 14.3. The van der Waals surface area contributed by atoms with Crippen LogP contribution in [0.15, 0.2) is 0 Å². The highest BCUT2D eigenvalue weighted by molar-refractivity contribution is 4.99.